The van der Waals surface area contributed by atoms with Gasteiger partial charge in [0.15, 0.2) is 5.96 Å². The molecule has 0 saturated heterocycles. The van der Waals surface area contributed by atoms with Crippen LogP contribution in [0.1, 0.15) is 40.5 Å². The van der Waals surface area contributed by atoms with Gasteiger partial charge in [-0.15, -0.1) is 0 Å². The molecule has 1 aliphatic carbocycles. The molecule has 1 heterocycles. The molecule has 0 aromatic heterocycles. The molecule has 2 rings (SSSR count). The van der Waals surface area contributed by atoms with E-state index >= 15 is 0 Å². The number of guanidine groups is 1. The highest BCUT2D eigenvalue weighted by Crippen LogP contribution is 2.35. The molecular weight excluding hydrogens is 210 g/mol. The van der Waals surface area contributed by atoms with Crippen molar-refractivity contribution in [3.8, 4) is 0 Å². The van der Waals surface area contributed by atoms with Gasteiger partial charge in [-0.25, -0.2) is 0 Å². The topological polar surface area (TPSA) is 41.6 Å². The van der Waals surface area contributed by atoms with Crippen LogP contribution in [0.25, 0.3) is 0 Å². The van der Waals surface area contributed by atoms with Crippen LogP contribution >= 0.6 is 0 Å². The maximum absolute atomic E-state index is 6.06. The molecule has 1 atom stereocenters. The Kier molecular flexibility index (Phi) is 3.64. The van der Waals surface area contributed by atoms with E-state index in [0.29, 0.717) is 23.8 Å². The fraction of sp³-hybridized carbons (Fsp3) is 0.929. The maximum atomic E-state index is 6.06. The lowest BCUT2D eigenvalue weighted by Gasteiger charge is -2.37. The molecule has 2 N–H and O–H groups in total. The monoisotopic (exact) mass is 237 g/mol. The molecule has 0 aromatic rings. The summed E-state index contributed by atoms with van der Waals surface area (Å²) < 4.78 is 0. The average Bonchev–Trinajstić information content (AvgIpc) is 2.96. The Morgan fingerprint density at radius 3 is 2.29 bits per heavy atom. The smallest absolute Gasteiger partial charge is 0.191 e. The summed E-state index contributed by atoms with van der Waals surface area (Å²) in [6, 6.07) is 0.538. The molecule has 0 amide bonds. The Bertz CT molecular complexity index is 284. The van der Waals surface area contributed by atoms with Gasteiger partial charge in [-0.2, -0.15) is 0 Å². The largest absolute Gasteiger partial charge is 0.370 e. The lowest BCUT2D eigenvalue weighted by atomic mass is 9.79. The summed E-state index contributed by atoms with van der Waals surface area (Å²) in [7, 11) is 0. The predicted molar refractivity (Wildman–Crippen MR) is 72.9 cm³/mol. The van der Waals surface area contributed by atoms with E-state index in [1.807, 2.05) is 0 Å². The zero-order valence-corrected chi connectivity index (χ0v) is 11.7. The summed E-state index contributed by atoms with van der Waals surface area (Å²) in [5.74, 6) is 3.75. The molecule has 17 heavy (non-hydrogen) atoms. The van der Waals surface area contributed by atoms with Crippen molar-refractivity contribution in [3.63, 3.8) is 0 Å². The van der Waals surface area contributed by atoms with Gasteiger partial charge in [-0.3, -0.25) is 4.99 Å². The van der Waals surface area contributed by atoms with E-state index in [2.05, 4.69) is 37.6 Å². The van der Waals surface area contributed by atoms with Crippen LogP contribution in [0.15, 0.2) is 4.99 Å². The van der Waals surface area contributed by atoms with Gasteiger partial charge in [0.25, 0.3) is 0 Å². The Hall–Kier alpha value is -0.730. The van der Waals surface area contributed by atoms with E-state index in [-0.39, 0.29) is 0 Å². The molecule has 1 unspecified atom stereocenters. The van der Waals surface area contributed by atoms with Crippen molar-refractivity contribution < 1.29 is 0 Å². The van der Waals surface area contributed by atoms with Gasteiger partial charge in [0.2, 0.25) is 0 Å². The fourth-order valence-corrected chi connectivity index (χ4v) is 3.34. The van der Waals surface area contributed by atoms with Crippen LogP contribution in [0, 0.1) is 23.7 Å². The Labute approximate surface area is 105 Å². The summed E-state index contributed by atoms with van der Waals surface area (Å²) in [4.78, 5) is 6.88. The first-order valence-electron chi connectivity index (χ1n) is 7.07. The second-order valence-corrected chi connectivity index (χ2v) is 6.43. The van der Waals surface area contributed by atoms with Crippen LogP contribution in [-0.4, -0.2) is 30.0 Å². The summed E-state index contributed by atoms with van der Waals surface area (Å²) in [6.45, 7) is 11.3. The van der Waals surface area contributed by atoms with E-state index in [1.165, 1.54) is 12.8 Å². The third-order valence-electron chi connectivity index (χ3n) is 4.27. The average molecular weight is 237 g/mol. The number of hydrogen-bond donors (Lipinski definition) is 1. The number of hydrogen-bond acceptors (Lipinski definition) is 3. The number of rotatable bonds is 5. The third-order valence-corrected chi connectivity index (χ3v) is 4.27. The quantitative estimate of drug-likeness (QED) is 0.797. The summed E-state index contributed by atoms with van der Waals surface area (Å²) >= 11 is 0. The van der Waals surface area contributed by atoms with Gasteiger partial charge in [-0.05, 0) is 36.5 Å². The Morgan fingerprint density at radius 2 is 1.82 bits per heavy atom. The first-order chi connectivity index (χ1) is 8.00. The fourth-order valence-electron chi connectivity index (χ4n) is 3.34. The van der Waals surface area contributed by atoms with Gasteiger partial charge < -0.3 is 10.6 Å². The minimum atomic E-state index is 0.538. The first-order valence-corrected chi connectivity index (χ1v) is 7.07. The first kappa shape index (κ1) is 12.7. The normalized spacial score (nSPS) is 25.2. The van der Waals surface area contributed by atoms with Crippen LogP contribution in [0.4, 0.5) is 0 Å². The van der Waals surface area contributed by atoms with Crippen molar-refractivity contribution in [3.05, 3.63) is 0 Å². The van der Waals surface area contributed by atoms with E-state index in [9.17, 15) is 0 Å². The van der Waals surface area contributed by atoms with Crippen LogP contribution < -0.4 is 5.73 Å². The lowest BCUT2D eigenvalue weighted by Crippen LogP contribution is -2.48. The molecule has 2 aliphatic rings. The number of nitrogens with zero attached hydrogens (tertiary/aromatic N) is 2. The molecule has 1 aliphatic heterocycles. The maximum Gasteiger partial charge on any atom is 0.191 e. The molecule has 1 fully saturated rings. The molecule has 3 heteroatoms. The highest BCUT2D eigenvalue weighted by atomic mass is 15.3. The van der Waals surface area contributed by atoms with Gasteiger partial charge in [0, 0.05) is 6.54 Å². The number of aliphatic imine (C=N–C) groups is 1. The van der Waals surface area contributed by atoms with Gasteiger partial charge >= 0.3 is 0 Å². The molecule has 1 saturated carbocycles. The highest BCUT2D eigenvalue weighted by molar-refractivity contribution is 5.80. The molecule has 0 radical (unpaired) electrons. The van der Waals surface area contributed by atoms with Crippen molar-refractivity contribution in [1.82, 2.24) is 4.90 Å². The van der Waals surface area contributed by atoms with Crippen molar-refractivity contribution in [2.45, 2.75) is 46.6 Å². The summed E-state index contributed by atoms with van der Waals surface area (Å²) in [5, 5.41) is 0. The standard InChI is InChI=1S/C14H27N3/c1-9(2)13(10(3)4)12-7-16-14(15)17(12)8-11-5-6-11/h9-13H,5-8H2,1-4H3,(H2,15,16). The summed E-state index contributed by atoms with van der Waals surface area (Å²) in [6.07, 6.45) is 2.76. The van der Waals surface area contributed by atoms with Crippen LogP contribution in [0.3, 0.4) is 0 Å². The molecule has 98 valence electrons. The van der Waals surface area contributed by atoms with Crippen LogP contribution in [0.5, 0.6) is 0 Å². The van der Waals surface area contributed by atoms with Gasteiger partial charge in [0.05, 0.1) is 12.6 Å². The Morgan fingerprint density at radius 1 is 1.24 bits per heavy atom. The molecule has 0 spiro atoms. The number of nitrogens with two attached hydrogens (primary N) is 1. The Balaban J connectivity index is 2.07. The van der Waals surface area contributed by atoms with Crippen molar-refractivity contribution in [2.75, 3.05) is 13.1 Å². The highest BCUT2D eigenvalue weighted by Gasteiger charge is 2.38. The third kappa shape index (κ3) is 2.75. The second kappa shape index (κ2) is 4.87. The van der Waals surface area contributed by atoms with Gasteiger partial charge in [-0.1, -0.05) is 27.7 Å². The molecule has 0 bridgehead atoms. The van der Waals surface area contributed by atoms with E-state index in [1.54, 1.807) is 0 Å². The SMILES string of the molecule is CC(C)C(C(C)C)C1CN=C(N)N1CC1CC1. The molecule has 0 aromatic carbocycles. The predicted octanol–water partition coefficient (Wildman–Crippen LogP) is 2.32. The van der Waals surface area contributed by atoms with Gasteiger partial charge in [0.1, 0.15) is 0 Å². The van der Waals surface area contributed by atoms with Crippen LogP contribution in [-0.2, 0) is 0 Å². The summed E-state index contributed by atoms with van der Waals surface area (Å²) in [5.41, 5.74) is 6.06. The van der Waals surface area contributed by atoms with E-state index < -0.39 is 0 Å². The molecular formula is C14H27N3. The zero-order chi connectivity index (χ0) is 12.6. The van der Waals surface area contributed by atoms with Crippen molar-refractivity contribution in [2.24, 2.45) is 34.4 Å². The van der Waals surface area contributed by atoms with Crippen molar-refractivity contribution >= 4 is 5.96 Å². The van der Waals surface area contributed by atoms with E-state index in [0.717, 1.165) is 25.0 Å². The zero-order valence-electron chi connectivity index (χ0n) is 11.7. The minimum Gasteiger partial charge on any atom is -0.370 e. The van der Waals surface area contributed by atoms with E-state index in [4.69, 9.17) is 5.73 Å². The van der Waals surface area contributed by atoms with Crippen molar-refractivity contribution in [1.29, 1.82) is 0 Å². The van der Waals surface area contributed by atoms with Crippen LogP contribution in [0.2, 0.25) is 0 Å². The molecule has 3 nitrogen and oxygen atoms in total. The minimum absolute atomic E-state index is 0.538. The second-order valence-electron chi connectivity index (χ2n) is 6.43. The lowest BCUT2D eigenvalue weighted by molar-refractivity contribution is 0.152.